The molecule has 2 aliphatic rings. The van der Waals surface area contributed by atoms with Crippen LogP contribution in [0.5, 0.6) is 0 Å². The number of fused-ring (bicyclic) bond motifs is 1. The van der Waals surface area contributed by atoms with Crippen LogP contribution in [0.15, 0.2) is 17.2 Å². The van der Waals surface area contributed by atoms with E-state index in [0.29, 0.717) is 32.6 Å². The number of rotatable bonds is 5. The van der Waals surface area contributed by atoms with Crippen molar-refractivity contribution in [3.8, 4) is 0 Å². The van der Waals surface area contributed by atoms with Gasteiger partial charge in [0.05, 0.1) is 11.3 Å². The summed E-state index contributed by atoms with van der Waals surface area (Å²) in [6, 6.07) is 0. The SMILES string of the molecule is Cc1c2c(n[nH]c1=O)[C@@H](CCCC(=O)N1CCN(c3ncc(C(F)(F)F)cn3)CC1)CC2. The van der Waals surface area contributed by atoms with Crippen LogP contribution in [0.3, 0.4) is 0 Å². The Morgan fingerprint density at radius 1 is 1.19 bits per heavy atom. The van der Waals surface area contributed by atoms with Crippen LogP contribution in [0.2, 0.25) is 0 Å². The molecule has 4 rings (SSSR count). The first-order chi connectivity index (χ1) is 15.2. The number of anilines is 1. The van der Waals surface area contributed by atoms with Crippen molar-refractivity contribution in [3.05, 3.63) is 45.1 Å². The molecular weight excluding hydrogens is 425 g/mol. The molecule has 0 saturated carbocycles. The number of aromatic nitrogens is 4. The smallest absolute Gasteiger partial charge is 0.339 e. The lowest BCUT2D eigenvalue weighted by molar-refractivity contribution is -0.138. The van der Waals surface area contributed by atoms with Gasteiger partial charge >= 0.3 is 6.18 Å². The van der Waals surface area contributed by atoms with Crippen LogP contribution in [-0.4, -0.2) is 57.2 Å². The van der Waals surface area contributed by atoms with Gasteiger partial charge < -0.3 is 9.80 Å². The molecule has 1 atom stereocenters. The first-order valence-electron chi connectivity index (χ1n) is 10.7. The maximum Gasteiger partial charge on any atom is 0.419 e. The molecule has 11 heteroatoms. The van der Waals surface area contributed by atoms with E-state index in [1.807, 2.05) is 6.92 Å². The van der Waals surface area contributed by atoms with Crippen LogP contribution in [0.1, 0.15) is 54.0 Å². The molecule has 0 radical (unpaired) electrons. The molecule has 0 aromatic carbocycles. The number of hydrogen-bond acceptors (Lipinski definition) is 6. The maximum atomic E-state index is 12.7. The number of alkyl halides is 3. The number of carbonyl (C=O) groups excluding carboxylic acids is 1. The van der Waals surface area contributed by atoms with E-state index in [4.69, 9.17) is 0 Å². The third kappa shape index (κ3) is 4.61. The molecule has 0 bridgehead atoms. The fourth-order valence-corrected chi connectivity index (χ4v) is 4.43. The van der Waals surface area contributed by atoms with Crippen molar-refractivity contribution in [1.29, 1.82) is 0 Å². The normalized spacial score (nSPS) is 18.7. The molecule has 1 aliphatic heterocycles. The van der Waals surface area contributed by atoms with Crippen LogP contribution in [-0.2, 0) is 17.4 Å². The molecule has 32 heavy (non-hydrogen) atoms. The summed E-state index contributed by atoms with van der Waals surface area (Å²) < 4.78 is 38.0. The third-order valence-corrected chi connectivity index (χ3v) is 6.33. The summed E-state index contributed by atoms with van der Waals surface area (Å²) in [5.74, 6) is 0.578. The van der Waals surface area contributed by atoms with Crippen LogP contribution < -0.4 is 10.5 Å². The quantitative estimate of drug-likeness (QED) is 0.752. The Morgan fingerprint density at radius 2 is 1.88 bits per heavy atom. The lowest BCUT2D eigenvalue weighted by Crippen LogP contribution is -2.49. The molecule has 1 saturated heterocycles. The van der Waals surface area contributed by atoms with Gasteiger partial charge in [-0.15, -0.1) is 0 Å². The van der Waals surface area contributed by atoms with E-state index < -0.39 is 11.7 Å². The monoisotopic (exact) mass is 450 g/mol. The molecule has 2 aromatic heterocycles. The molecular formula is C21H25F3N6O2. The number of amides is 1. The number of halogens is 3. The Kier molecular flexibility index (Phi) is 6.16. The third-order valence-electron chi connectivity index (χ3n) is 6.33. The summed E-state index contributed by atoms with van der Waals surface area (Å²) in [7, 11) is 0. The maximum absolute atomic E-state index is 12.7. The molecule has 1 fully saturated rings. The number of nitrogens with zero attached hydrogens (tertiary/aromatic N) is 5. The van der Waals surface area contributed by atoms with Crippen molar-refractivity contribution in [2.24, 2.45) is 0 Å². The summed E-state index contributed by atoms with van der Waals surface area (Å²) in [5, 5.41) is 6.79. The van der Waals surface area contributed by atoms with E-state index in [2.05, 4.69) is 20.2 Å². The molecule has 0 spiro atoms. The molecule has 1 amide bonds. The van der Waals surface area contributed by atoms with Crippen LogP contribution in [0, 0.1) is 6.92 Å². The van der Waals surface area contributed by atoms with Crippen LogP contribution in [0.25, 0.3) is 0 Å². The van der Waals surface area contributed by atoms with Crippen LogP contribution in [0.4, 0.5) is 19.1 Å². The van der Waals surface area contributed by atoms with Gasteiger partial charge in [-0.1, -0.05) is 0 Å². The lowest BCUT2D eigenvalue weighted by atomic mass is 9.99. The molecule has 1 aliphatic carbocycles. The predicted octanol–water partition coefficient (Wildman–Crippen LogP) is 2.44. The largest absolute Gasteiger partial charge is 0.419 e. The highest BCUT2D eigenvalue weighted by atomic mass is 19.4. The van der Waals surface area contributed by atoms with Crippen molar-refractivity contribution in [1.82, 2.24) is 25.1 Å². The van der Waals surface area contributed by atoms with Gasteiger partial charge in [0.1, 0.15) is 0 Å². The van der Waals surface area contributed by atoms with Gasteiger partial charge in [-0.05, 0) is 38.2 Å². The second kappa shape index (κ2) is 8.87. The Morgan fingerprint density at radius 3 is 2.53 bits per heavy atom. The molecule has 172 valence electrons. The standard InChI is InChI=1S/C21H25F3N6O2/c1-13-16-6-5-14(18(16)27-28-19(13)32)3-2-4-17(31)29-7-9-30(10-8-29)20-25-11-15(12-26-20)21(22,23)24/h11-12,14H,2-10H2,1H3,(H,28,32)/t14-/m0/s1. The molecule has 1 N–H and O–H groups in total. The lowest BCUT2D eigenvalue weighted by Gasteiger charge is -2.34. The average Bonchev–Trinajstić information content (AvgIpc) is 3.19. The highest BCUT2D eigenvalue weighted by Gasteiger charge is 2.32. The summed E-state index contributed by atoms with van der Waals surface area (Å²) in [6.45, 7) is 3.74. The summed E-state index contributed by atoms with van der Waals surface area (Å²) in [5.41, 5.74) is 1.73. The van der Waals surface area contributed by atoms with E-state index in [1.165, 1.54) is 0 Å². The van der Waals surface area contributed by atoms with E-state index in [9.17, 15) is 22.8 Å². The van der Waals surface area contributed by atoms with Crippen molar-refractivity contribution in [2.75, 3.05) is 31.1 Å². The van der Waals surface area contributed by atoms with Gasteiger partial charge in [0, 0.05) is 56.5 Å². The fourth-order valence-electron chi connectivity index (χ4n) is 4.43. The van der Waals surface area contributed by atoms with Gasteiger partial charge in [0.2, 0.25) is 11.9 Å². The Balaban J connectivity index is 1.24. The molecule has 3 heterocycles. The van der Waals surface area contributed by atoms with Gasteiger partial charge in [0.25, 0.3) is 5.56 Å². The number of aromatic amines is 1. The topological polar surface area (TPSA) is 95.1 Å². The Hall–Kier alpha value is -2.98. The Labute approximate surface area is 182 Å². The van der Waals surface area contributed by atoms with Gasteiger partial charge in [-0.25, -0.2) is 15.1 Å². The summed E-state index contributed by atoms with van der Waals surface area (Å²) in [4.78, 5) is 35.5. The summed E-state index contributed by atoms with van der Waals surface area (Å²) >= 11 is 0. The minimum absolute atomic E-state index is 0.0711. The zero-order valence-electron chi connectivity index (χ0n) is 17.8. The summed E-state index contributed by atoms with van der Waals surface area (Å²) in [6.07, 6.45) is 0.925. The molecule has 2 aromatic rings. The number of piperazine rings is 1. The van der Waals surface area contributed by atoms with E-state index in [1.54, 1.807) is 9.80 Å². The van der Waals surface area contributed by atoms with Gasteiger partial charge in [-0.2, -0.15) is 18.3 Å². The highest BCUT2D eigenvalue weighted by Crippen LogP contribution is 2.35. The minimum atomic E-state index is -4.46. The minimum Gasteiger partial charge on any atom is -0.339 e. The average molecular weight is 450 g/mol. The first-order valence-corrected chi connectivity index (χ1v) is 10.7. The highest BCUT2D eigenvalue weighted by molar-refractivity contribution is 5.76. The van der Waals surface area contributed by atoms with E-state index in [0.717, 1.165) is 54.9 Å². The van der Waals surface area contributed by atoms with Gasteiger partial charge in [-0.3, -0.25) is 9.59 Å². The van der Waals surface area contributed by atoms with Gasteiger partial charge in [0.15, 0.2) is 0 Å². The molecule has 8 nitrogen and oxygen atoms in total. The van der Waals surface area contributed by atoms with Crippen molar-refractivity contribution in [2.45, 2.75) is 51.1 Å². The second-order valence-electron chi connectivity index (χ2n) is 8.31. The second-order valence-corrected chi connectivity index (χ2v) is 8.31. The molecule has 0 unspecified atom stereocenters. The van der Waals surface area contributed by atoms with Crippen LogP contribution >= 0.6 is 0 Å². The van der Waals surface area contributed by atoms with Crippen molar-refractivity contribution >= 4 is 11.9 Å². The van der Waals surface area contributed by atoms with Crippen molar-refractivity contribution < 1.29 is 18.0 Å². The zero-order valence-corrected chi connectivity index (χ0v) is 17.8. The number of H-pyrrole nitrogens is 1. The predicted molar refractivity (Wildman–Crippen MR) is 110 cm³/mol. The van der Waals surface area contributed by atoms with E-state index >= 15 is 0 Å². The van der Waals surface area contributed by atoms with Crippen molar-refractivity contribution in [3.63, 3.8) is 0 Å². The van der Waals surface area contributed by atoms with E-state index in [-0.39, 0.29) is 23.3 Å². The number of nitrogens with one attached hydrogen (secondary N) is 1. The number of hydrogen-bond donors (Lipinski definition) is 1. The number of carbonyl (C=O) groups is 1. The zero-order chi connectivity index (χ0) is 22.9. The first kappa shape index (κ1) is 22.2. The fraction of sp³-hybridized carbons (Fsp3) is 0.571. The Bertz CT molecular complexity index is 1030.